The van der Waals surface area contributed by atoms with Crippen molar-refractivity contribution in [3.05, 3.63) is 35.9 Å². The third-order valence-corrected chi connectivity index (χ3v) is 4.40. The Bertz CT molecular complexity index is 594. The fraction of sp³-hybridized carbons (Fsp3) is 0.579. The van der Waals surface area contributed by atoms with E-state index >= 15 is 0 Å². The Morgan fingerprint density at radius 3 is 2.46 bits per heavy atom. The highest BCUT2D eigenvalue weighted by Gasteiger charge is 2.24. The molecule has 0 saturated carbocycles. The van der Waals surface area contributed by atoms with Gasteiger partial charge >= 0.3 is 12.2 Å². The Labute approximate surface area is 170 Å². The van der Waals surface area contributed by atoms with Crippen molar-refractivity contribution in [1.29, 1.82) is 0 Å². The van der Waals surface area contributed by atoms with Crippen LogP contribution in [0.1, 0.15) is 26.3 Å². The predicted octanol–water partition coefficient (Wildman–Crippen LogP) is 2.50. The van der Waals surface area contributed by atoms with Crippen molar-refractivity contribution in [2.24, 2.45) is 0 Å². The molecule has 0 radical (unpaired) electrons. The first kappa shape index (κ1) is 24.1. The summed E-state index contributed by atoms with van der Waals surface area (Å²) in [7, 11) is 1.35. The summed E-state index contributed by atoms with van der Waals surface area (Å²) in [5, 5.41) is 15.1. The highest BCUT2D eigenvalue weighted by atomic mass is 32.2. The second-order valence-electron chi connectivity index (χ2n) is 6.94. The van der Waals surface area contributed by atoms with E-state index in [1.54, 1.807) is 20.8 Å². The lowest BCUT2D eigenvalue weighted by Gasteiger charge is -2.25. The zero-order valence-corrected chi connectivity index (χ0v) is 17.6. The molecule has 0 heterocycles. The number of alkyl carbamates (subject to hydrolysis) is 2. The number of carbonyl (C=O) groups is 2. The summed E-state index contributed by atoms with van der Waals surface area (Å²) in [6.45, 7) is 5.87. The van der Waals surface area contributed by atoms with Gasteiger partial charge in [0.05, 0.1) is 6.04 Å². The van der Waals surface area contributed by atoms with E-state index in [4.69, 9.17) is 14.2 Å². The summed E-state index contributed by atoms with van der Waals surface area (Å²) in [4.78, 5) is 23.5. The van der Waals surface area contributed by atoms with Crippen LogP contribution in [0.2, 0.25) is 0 Å². The van der Waals surface area contributed by atoms with Gasteiger partial charge in [-0.1, -0.05) is 30.3 Å². The van der Waals surface area contributed by atoms with Crippen LogP contribution in [-0.4, -0.2) is 60.4 Å². The molecule has 8 nitrogen and oxygen atoms in total. The number of methoxy groups -OCH3 is 1. The third-order valence-electron chi connectivity index (χ3n) is 3.31. The van der Waals surface area contributed by atoms with Crippen molar-refractivity contribution in [3.63, 3.8) is 0 Å². The van der Waals surface area contributed by atoms with Crippen molar-refractivity contribution < 1.29 is 28.9 Å². The maximum atomic E-state index is 11.9. The number of aliphatic hydroxyl groups excluding tert-OH is 1. The van der Waals surface area contributed by atoms with Gasteiger partial charge in [0.25, 0.3) is 0 Å². The molecule has 3 N–H and O–H groups in total. The number of hydrogen-bond donors (Lipinski definition) is 3. The summed E-state index contributed by atoms with van der Waals surface area (Å²) in [6, 6.07) is 8.76. The normalized spacial score (nSPS) is 13.3. The molecule has 2 amide bonds. The number of aliphatic hydroxyl groups is 1. The molecule has 0 aliphatic carbocycles. The quantitative estimate of drug-likeness (QED) is 0.399. The van der Waals surface area contributed by atoms with Crippen LogP contribution < -0.4 is 10.6 Å². The van der Waals surface area contributed by atoms with E-state index in [0.717, 1.165) is 5.56 Å². The Balaban J connectivity index is 2.26. The fourth-order valence-corrected chi connectivity index (χ4v) is 2.94. The largest absolute Gasteiger partial charge is 0.445 e. The second kappa shape index (κ2) is 12.5. The summed E-state index contributed by atoms with van der Waals surface area (Å²) < 4.78 is 15.2. The van der Waals surface area contributed by atoms with Gasteiger partial charge in [0.1, 0.15) is 12.2 Å². The average Bonchev–Trinajstić information content (AvgIpc) is 2.63. The highest BCUT2D eigenvalue weighted by Crippen LogP contribution is 2.10. The zero-order valence-electron chi connectivity index (χ0n) is 16.8. The first-order chi connectivity index (χ1) is 13.2. The van der Waals surface area contributed by atoms with Crippen LogP contribution in [0.25, 0.3) is 0 Å². The van der Waals surface area contributed by atoms with E-state index < -0.39 is 30.1 Å². The fourth-order valence-electron chi connectivity index (χ4n) is 2.03. The summed E-state index contributed by atoms with van der Waals surface area (Å²) >= 11 is 1.44. The number of rotatable bonds is 10. The van der Waals surface area contributed by atoms with E-state index in [1.165, 1.54) is 18.9 Å². The van der Waals surface area contributed by atoms with E-state index in [1.807, 2.05) is 30.3 Å². The number of ether oxygens (including phenoxy) is 3. The lowest BCUT2D eigenvalue weighted by atomic mass is 10.2. The van der Waals surface area contributed by atoms with Crippen molar-refractivity contribution >= 4 is 23.9 Å². The molecule has 158 valence electrons. The molecular weight excluding hydrogens is 384 g/mol. The Kier molecular flexibility index (Phi) is 10.7. The van der Waals surface area contributed by atoms with E-state index in [-0.39, 0.29) is 6.61 Å². The highest BCUT2D eigenvalue weighted by molar-refractivity contribution is 7.99. The molecular formula is C19H30N2O6S. The zero-order chi connectivity index (χ0) is 21.0. The number of amides is 2. The molecule has 2 unspecified atom stereocenters. The van der Waals surface area contributed by atoms with Crippen molar-refractivity contribution in [2.45, 2.75) is 45.3 Å². The van der Waals surface area contributed by atoms with Gasteiger partial charge in [-0.25, -0.2) is 9.59 Å². The van der Waals surface area contributed by atoms with Crippen LogP contribution >= 0.6 is 11.8 Å². The molecule has 0 aliphatic rings. The molecule has 2 atom stereocenters. The number of carbonyl (C=O) groups excluding carboxylic acids is 2. The Morgan fingerprint density at radius 1 is 1.18 bits per heavy atom. The molecule has 0 saturated heterocycles. The minimum atomic E-state index is -1.16. The predicted molar refractivity (Wildman–Crippen MR) is 108 cm³/mol. The molecule has 9 heteroatoms. The van der Waals surface area contributed by atoms with Crippen molar-refractivity contribution in [1.82, 2.24) is 10.6 Å². The lowest BCUT2D eigenvalue weighted by molar-refractivity contribution is -0.0922. The summed E-state index contributed by atoms with van der Waals surface area (Å²) in [6.07, 6.45) is -2.29. The molecule has 0 fully saturated rings. The van der Waals surface area contributed by atoms with Crippen LogP contribution in [0.5, 0.6) is 0 Å². The molecule has 0 aliphatic heterocycles. The third kappa shape index (κ3) is 11.0. The molecule has 0 spiro atoms. The number of thioether (sulfide) groups is 1. The minimum absolute atomic E-state index is 0.210. The topological polar surface area (TPSA) is 106 Å². The van der Waals surface area contributed by atoms with Gasteiger partial charge in [-0.3, -0.25) is 0 Å². The first-order valence-electron chi connectivity index (χ1n) is 8.94. The van der Waals surface area contributed by atoms with Crippen LogP contribution in [0, 0.1) is 0 Å². The van der Waals surface area contributed by atoms with Crippen molar-refractivity contribution in [2.75, 3.05) is 25.2 Å². The van der Waals surface area contributed by atoms with E-state index in [9.17, 15) is 14.7 Å². The van der Waals surface area contributed by atoms with Gasteiger partial charge in [0.2, 0.25) is 0 Å². The van der Waals surface area contributed by atoms with Gasteiger partial charge in [0.15, 0.2) is 6.29 Å². The maximum absolute atomic E-state index is 11.9. The lowest BCUT2D eigenvalue weighted by Crippen LogP contribution is -2.47. The average molecular weight is 415 g/mol. The molecule has 1 rings (SSSR count). The van der Waals surface area contributed by atoms with Crippen molar-refractivity contribution in [3.8, 4) is 0 Å². The van der Waals surface area contributed by atoms with Crippen LogP contribution in [0.15, 0.2) is 30.3 Å². The van der Waals surface area contributed by atoms with E-state index in [0.29, 0.717) is 18.1 Å². The molecule has 0 aromatic heterocycles. The molecule has 28 heavy (non-hydrogen) atoms. The Morgan fingerprint density at radius 2 is 1.86 bits per heavy atom. The summed E-state index contributed by atoms with van der Waals surface area (Å²) in [5.41, 5.74) is 0.278. The summed E-state index contributed by atoms with van der Waals surface area (Å²) in [5.74, 6) is 0.957. The minimum Gasteiger partial charge on any atom is -0.445 e. The first-order valence-corrected chi connectivity index (χ1v) is 10.1. The monoisotopic (exact) mass is 414 g/mol. The van der Waals surface area contributed by atoms with Gasteiger partial charge in [-0.2, -0.15) is 11.8 Å². The second-order valence-corrected chi connectivity index (χ2v) is 8.09. The standard InChI is InChI=1S/C19H30N2O6S/c1-19(2,3)27-18(24)21-15(16(22)25-4)13-28-11-10-20-17(23)26-12-14-8-6-5-7-9-14/h5-9,15-16,22H,10-13H2,1-4H3,(H,20,23)(H,21,24). The van der Waals surface area contributed by atoms with Crippen LogP contribution in [-0.2, 0) is 20.8 Å². The van der Waals surface area contributed by atoms with Crippen LogP contribution in [0.4, 0.5) is 9.59 Å². The number of hydrogen-bond acceptors (Lipinski definition) is 7. The maximum Gasteiger partial charge on any atom is 0.408 e. The molecule has 1 aromatic carbocycles. The van der Waals surface area contributed by atoms with Gasteiger partial charge in [-0.15, -0.1) is 0 Å². The Hall–Kier alpha value is -1.97. The molecule has 1 aromatic rings. The SMILES string of the molecule is COC(O)C(CSCCNC(=O)OCc1ccccc1)NC(=O)OC(C)(C)C. The molecule has 0 bridgehead atoms. The smallest absolute Gasteiger partial charge is 0.408 e. The van der Waals surface area contributed by atoms with Gasteiger partial charge in [0, 0.05) is 25.2 Å². The number of benzene rings is 1. The number of nitrogens with one attached hydrogen (secondary N) is 2. The van der Waals surface area contributed by atoms with Gasteiger partial charge in [-0.05, 0) is 26.3 Å². The van der Waals surface area contributed by atoms with E-state index in [2.05, 4.69) is 10.6 Å². The van der Waals surface area contributed by atoms with Crippen LogP contribution in [0.3, 0.4) is 0 Å². The van der Waals surface area contributed by atoms with Gasteiger partial charge < -0.3 is 30.0 Å².